The van der Waals surface area contributed by atoms with Gasteiger partial charge >= 0.3 is 6.18 Å². The average Bonchev–Trinajstić information content (AvgIpc) is 3.40. The molecule has 3 aromatic rings. The number of nitrogens with one attached hydrogen (secondary N) is 1. The van der Waals surface area contributed by atoms with E-state index in [0.717, 1.165) is 43.8 Å². The van der Waals surface area contributed by atoms with E-state index >= 15 is 0 Å². The van der Waals surface area contributed by atoms with Crippen molar-refractivity contribution in [3.63, 3.8) is 0 Å². The largest absolute Gasteiger partial charge is 0.416 e. The van der Waals surface area contributed by atoms with Crippen LogP contribution in [0.3, 0.4) is 0 Å². The molecule has 1 saturated heterocycles. The summed E-state index contributed by atoms with van der Waals surface area (Å²) in [6.07, 6.45) is 0.824. The second-order valence-electron chi connectivity index (χ2n) is 7.28. The van der Waals surface area contributed by atoms with Gasteiger partial charge in [0.15, 0.2) is 0 Å². The van der Waals surface area contributed by atoms with Gasteiger partial charge in [-0.2, -0.15) is 18.3 Å². The second-order valence-corrected chi connectivity index (χ2v) is 7.28. The summed E-state index contributed by atoms with van der Waals surface area (Å²) in [6.45, 7) is 1.52. The van der Waals surface area contributed by atoms with E-state index < -0.39 is 11.7 Å². The summed E-state index contributed by atoms with van der Waals surface area (Å²) in [5.41, 5.74) is 1.56. The quantitative estimate of drug-likeness (QED) is 0.660. The number of nitrogens with zero attached hydrogens (tertiary/aromatic N) is 3. The summed E-state index contributed by atoms with van der Waals surface area (Å²) in [5.74, 6) is -0.387. The molecular weight excluding hydrogens is 393 g/mol. The van der Waals surface area contributed by atoms with Crippen LogP contribution in [0, 0.1) is 0 Å². The number of alkyl halides is 3. The summed E-state index contributed by atoms with van der Waals surface area (Å²) in [4.78, 5) is 14.6. The Balaban J connectivity index is 1.52. The molecule has 1 aromatic heterocycles. The highest BCUT2D eigenvalue weighted by atomic mass is 19.4. The van der Waals surface area contributed by atoms with Crippen molar-refractivity contribution >= 4 is 17.3 Å². The Labute approximate surface area is 172 Å². The Morgan fingerprint density at radius 2 is 1.80 bits per heavy atom. The van der Waals surface area contributed by atoms with Crippen molar-refractivity contribution in [2.75, 3.05) is 23.3 Å². The maximum absolute atomic E-state index is 13.2. The fraction of sp³-hybridized carbons (Fsp3) is 0.273. The van der Waals surface area contributed by atoms with Crippen molar-refractivity contribution in [3.8, 4) is 5.69 Å². The van der Waals surface area contributed by atoms with Crippen molar-refractivity contribution in [2.45, 2.75) is 25.4 Å². The monoisotopic (exact) mass is 414 g/mol. The zero-order valence-electron chi connectivity index (χ0n) is 16.2. The molecule has 0 saturated carbocycles. The Bertz CT molecular complexity index is 1020. The summed E-state index contributed by atoms with van der Waals surface area (Å²) in [7, 11) is 0. The summed E-state index contributed by atoms with van der Waals surface area (Å²) >= 11 is 0. The van der Waals surface area contributed by atoms with Gasteiger partial charge in [-0.15, -0.1) is 0 Å². The molecule has 8 heteroatoms. The Hall–Kier alpha value is -3.29. The van der Waals surface area contributed by atoms with E-state index in [1.807, 2.05) is 35.2 Å². The smallest absolute Gasteiger partial charge is 0.370 e. The van der Waals surface area contributed by atoms with E-state index in [0.29, 0.717) is 11.3 Å². The molecule has 1 aliphatic rings. The highest BCUT2D eigenvalue weighted by Crippen LogP contribution is 2.36. The lowest BCUT2D eigenvalue weighted by Gasteiger charge is -2.23. The van der Waals surface area contributed by atoms with E-state index in [9.17, 15) is 18.0 Å². The number of amides is 1. The first kappa shape index (κ1) is 20.0. The molecule has 1 amide bonds. The van der Waals surface area contributed by atoms with Crippen molar-refractivity contribution in [1.29, 1.82) is 0 Å². The average molecular weight is 414 g/mol. The molecule has 5 nitrogen and oxygen atoms in total. The van der Waals surface area contributed by atoms with E-state index in [-0.39, 0.29) is 18.0 Å². The molecule has 30 heavy (non-hydrogen) atoms. The highest BCUT2D eigenvalue weighted by Gasteiger charge is 2.32. The SMILES string of the molecule is O=C(Cc1cnn(-c2ccccc2)c1)Nc1cc(C(F)(F)F)ccc1N1CCCC1. The lowest BCUT2D eigenvalue weighted by atomic mass is 10.1. The molecule has 2 aromatic carbocycles. The molecule has 0 spiro atoms. The predicted octanol–water partition coefficient (Wildman–Crippen LogP) is 4.67. The van der Waals surface area contributed by atoms with Gasteiger partial charge in [-0.05, 0) is 48.7 Å². The van der Waals surface area contributed by atoms with Gasteiger partial charge in [-0.3, -0.25) is 4.79 Å². The number of carbonyl (C=O) groups excluding carboxylic acids is 1. The van der Waals surface area contributed by atoms with Gasteiger partial charge in [0.25, 0.3) is 0 Å². The number of para-hydroxylation sites is 1. The Morgan fingerprint density at radius 3 is 2.50 bits per heavy atom. The zero-order valence-corrected chi connectivity index (χ0v) is 16.2. The van der Waals surface area contributed by atoms with E-state index in [4.69, 9.17) is 0 Å². The van der Waals surface area contributed by atoms with Gasteiger partial charge < -0.3 is 10.2 Å². The van der Waals surface area contributed by atoms with Crippen LogP contribution in [0.5, 0.6) is 0 Å². The molecule has 0 radical (unpaired) electrons. The fourth-order valence-corrected chi connectivity index (χ4v) is 3.60. The number of rotatable bonds is 5. The summed E-state index contributed by atoms with van der Waals surface area (Å²) in [5, 5.41) is 6.93. The minimum atomic E-state index is -4.47. The molecule has 0 unspecified atom stereocenters. The van der Waals surface area contributed by atoms with Crippen LogP contribution in [-0.2, 0) is 17.4 Å². The first-order chi connectivity index (χ1) is 14.4. The minimum Gasteiger partial charge on any atom is -0.370 e. The van der Waals surface area contributed by atoms with Crippen LogP contribution in [0.25, 0.3) is 5.69 Å². The molecule has 0 aliphatic carbocycles. The molecule has 1 N–H and O–H groups in total. The van der Waals surface area contributed by atoms with Crippen LogP contribution < -0.4 is 10.2 Å². The minimum absolute atomic E-state index is 0.0164. The van der Waals surface area contributed by atoms with E-state index in [2.05, 4.69) is 10.4 Å². The highest BCUT2D eigenvalue weighted by molar-refractivity contribution is 5.95. The third-order valence-electron chi connectivity index (χ3n) is 5.07. The summed E-state index contributed by atoms with van der Waals surface area (Å²) < 4.78 is 41.2. The van der Waals surface area contributed by atoms with Crippen LogP contribution in [0.15, 0.2) is 60.9 Å². The normalized spacial score (nSPS) is 14.2. The number of anilines is 2. The fourth-order valence-electron chi connectivity index (χ4n) is 3.60. The van der Waals surface area contributed by atoms with Gasteiger partial charge in [-0.1, -0.05) is 18.2 Å². The Morgan fingerprint density at radius 1 is 1.07 bits per heavy atom. The zero-order chi connectivity index (χ0) is 21.1. The lowest BCUT2D eigenvalue weighted by molar-refractivity contribution is -0.137. The maximum atomic E-state index is 13.2. The topological polar surface area (TPSA) is 50.2 Å². The molecule has 1 fully saturated rings. The van der Waals surface area contributed by atoms with Gasteiger partial charge in [0.05, 0.1) is 35.2 Å². The third kappa shape index (κ3) is 4.48. The van der Waals surface area contributed by atoms with Crippen molar-refractivity contribution in [3.05, 3.63) is 72.1 Å². The third-order valence-corrected chi connectivity index (χ3v) is 5.07. The Kier molecular flexibility index (Phi) is 5.48. The van der Waals surface area contributed by atoms with Crippen LogP contribution in [0.1, 0.15) is 24.0 Å². The van der Waals surface area contributed by atoms with Crippen LogP contribution in [0.2, 0.25) is 0 Å². The number of hydrogen-bond acceptors (Lipinski definition) is 3. The van der Waals surface area contributed by atoms with Crippen molar-refractivity contribution in [2.24, 2.45) is 0 Å². The lowest BCUT2D eigenvalue weighted by Crippen LogP contribution is -2.22. The first-order valence-corrected chi connectivity index (χ1v) is 9.75. The van der Waals surface area contributed by atoms with Crippen LogP contribution >= 0.6 is 0 Å². The molecular formula is C22H21F3N4O. The predicted molar refractivity (Wildman–Crippen MR) is 109 cm³/mol. The van der Waals surface area contributed by atoms with Crippen molar-refractivity contribution in [1.82, 2.24) is 9.78 Å². The van der Waals surface area contributed by atoms with Crippen molar-refractivity contribution < 1.29 is 18.0 Å². The van der Waals surface area contributed by atoms with Gasteiger partial charge in [0.2, 0.25) is 5.91 Å². The van der Waals surface area contributed by atoms with Gasteiger partial charge in [-0.25, -0.2) is 4.68 Å². The molecule has 0 bridgehead atoms. The van der Waals surface area contributed by atoms with Gasteiger partial charge in [0, 0.05) is 19.3 Å². The standard InChI is InChI=1S/C22H21F3N4O/c23-22(24,25)17-8-9-20(28-10-4-5-11-28)19(13-17)27-21(30)12-16-14-26-29(15-16)18-6-2-1-3-7-18/h1-3,6-9,13-15H,4-5,10-12H2,(H,27,30). The number of halogens is 3. The second kappa shape index (κ2) is 8.22. The van der Waals surface area contributed by atoms with Gasteiger partial charge in [0.1, 0.15) is 0 Å². The number of aromatic nitrogens is 2. The maximum Gasteiger partial charge on any atom is 0.416 e. The van der Waals surface area contributed by atoms with E-state index in [1.165, 1.54) is 6.07 Å². The summed E-state index contributed by atoms with van der Waals surface area (Å²) in [6, 6.07) is 13.0. The molecule has 1 aliphatic heterocycles. The molecule has 2 heterocycles. The first-order valence-electron chi connectivity index (χ1n) is 9.75. The molecule has 0 atom stereocenters. The van der Waals surface area contributed by atoms with E-state index in [1.54, 1.807) is 17.1 Å². The molecule has 156 valence electrons. The molecule has 4 rings (SSSR count). The number of benzene rings is 2. The van der Waals surface area contributed by atoms with Crippen LogP contribution in [-0.4, -0.2) is 28.8 Å². The number of hydrogen-bond donors (Lipinski definition) is 1. The van der Waals surface area contributed by atoms with Crippen LogP contribution in [0.4, 0.5) is 24.5 Å². The number of carbonyl (C=O) groups is 1.